The molecule has 124 valence electrons. The number of rotatable bonds is 4. The number of aryl methyl sites for hydroxylation is 1. The van der Waals surface area contributed by atoms with Gasteiger partial charge in [0.15, 0.2) is 0 Å². The number of sulfonamides is 1. The van der Waals surface area contributed by atoms with Gasteiger partial charge in [-0.3, -0.25) is 9.52 Å². The predicted octanol–water partition coefficient (Wildman–Crippen LogP) is 3.73. The van der Waals surface area contributed by atoms with E-state index in [-0.39, 0.29) is 17.2 Å². The van der Waals surface area contributed by atoms with Crippen molar-refractivity contribution in [3.63, 3.8) is 0 Å². The van der Waals surface area contributed by atoms with Gasteiger partial charge in [-0.2, -0.15) is 0 Å². The molecule has 0 atom stereocenters. The van der Waals surface area contributed by atoms with Gasteiger partial charge in [-0.1, -0.05) is 35.4 Å². The van der Waals surface area contributed by atoms with Crippen LogP contribution in [0.1, 0.15) is 21.6 Å². The van der Waals surface area contributed by atoms with Crippen LogP contribution in [0, 0.1) is 6.92 Å². The molecule has 0 aliphatic heterocycles. The molecular formula is C17H15ClN2O3S. The monoisotopic (exact) mass is 362 g/mol. The topological polar surface area (TPSA) is 79.0 Å². The average molecular weight is 363 g/mol. The maximum absolute atomic E-state index is 12.9. The van der Waals surface area contributed by atoms with Crippen molar-refractivity contribution in [2.24, 2.45) is 0 Å². The van der Waals surface area contributed by atoms with Gasteiger partial charge in [-0.15, -0.1) is 0 Å². The van der Waals surface area contributed by atoms with E-state index in [2.05, 4.69) is 9.71 Å². The molecule has 0 spiro atoms. The SMILES string of the molecule is Cc1cccc(C(=O)c2[nH]c3cc(Cl)ccc3c2NS(C)(=O)=O)c1. The minimum Gasteiger partial charge on any atom is -0.350 e. The van der Waals surface area contributed by atoms with Crippen LogP contribution in [-0.4, -0.2) is 25.4 Å². The van der Waals surface area contributed by atoms with Crippen LogP contribution in [-0.2, 0) is 10.0 Å². The molecule has 7 heteroatoms. The standard InChI is InChI=1S/C17H15ClN2O3S/c1-10-4-3-5-11(8-10)17(21)16-15(20-24(2,22)23)13-7-6-12(18)9-14(13)19-16/h3-9,19-20H,1-2H3. The smallest absolute Gasteiger partial charge is 0.229 e. The second-order valence-electron chi connectivity index (χ2n) is 5.64. The number of hydrogen-bond donors (Lipinski definition) is 2. The fourth-order valence-corrected chi connectivity index (χ4v) is 3.32. The maximum Gasteiger partial charge on any atom is 0.229 e. The highest BCUT2D eigenvalue weighted by atomic mass is 35.5. The highest BCUT2D eigenvalue weighted by Crippen LogP contribution is 2.32. The number of halogens is 1. The van der Waals surface area contributed by atoms with Crippen LogP contribution in [0.15, 0.2) is 42.5 Å². The largest absolute Gasteiger partial charge is 0.350 e. The van der Waals surface area contributed by atoms with Crippen LogP contribution < -0.4 is 4.72 Å². The quantitative estimate of drug-likeness (QED) is 0.694. The summed E-state index contributed by atoms with van der Waals surface area (Å²) < 4.78 is 25.9. The molecule has 0 bridgehead atoms. The zero-order valence-electron chi connectivity index (χ0n) is 13.1. The van der Waals surface area contributed by atoms with E-state index in [9.17, 15) is 13.2 Å². The Morgan fingerprint density at radius 1 is 1.17 bits per heavy atom. The molecule has 3 rings (SSSR count). The van der Waals surface area contributed by atoms with Gasteiger partial charge in [-0.25, -0.2) is 8.42 Å². The van der Waals surface area contributed by atoms with E-state index in [4.69, 9.17) is 11.6 Å². The van der Waals surface area contributed by atoms with Crippen molar-refractivity contribution >= 4 is 44.0 Å². The summed E-state index contributed by atoms with van der Waals surface area (Å²) >= 11 is 5.99. The molecule has 0 amide bonds. The van der Waals surface area contributed by atoms with Crippen LogP contribution >= 0.6 is 11.6 Å². The van der Waals surface area contributed by atoms with E-state index in [1.54, 1.807) is 36.4 Å². The fraction of sp³-hybridized carbons (Fsp3) is 0.118. The van der Waals surface area contributed by atoms with E-state index < -0.39 is 10.0 Å². The van der Waals surface area contributed by atoms with Crippen molar-refractivity contribution in [2.75, 3.05) is 11.0 Å². The number of aromatic nitrogens is 1. The van der Waals surface area contributed by atoms with Crippen molar-refractivity contribution in [3.8, 4) is 0 Å². The Morgan fingerprint density at radius 3 is 2.58 bits per heavy atom. The lowest BCUT2D eigenvalue weighted by molar-refractivity contribution is 0.103. The van der Waals surface area contributed by atoms with E-state index in [1.807, 2.05) is 13.0 Å². The zero-order chi connectivity index (χ0) is 17.5. The first-order valence-corrected chi connectivity index (χ1v) is 9.42. The van der Waals surface area contributed by atoms with Gasteiger partial charge < -0.3 is 4.98 Å². The summed E-state index contributed by atoms with van der Waals surface area (Å²) in [6, 6.07) is 12.1. The second-order valence-corrected chi connectivity index (χ2v) is 7.82. The number of carbonyl (C=O) groups is 1. The van der Waals surface area contributed by atoms with Crippen molar-refractivity contribution < 1.29 is 13.2 Å². The van der Waals surface area contributed by atoms with Crippen molar-refractivity contribution in [3.05, 3.63) is 64.3 Å². The summed E-state index contributed by atoms with van der Waals surface area (Å²) in [7, 11) is -3.55. The predicted molar refractivity (Wildman–Crippen MR) is 96.4 cm³/mol. The Bertz CT molecular complexity index is 1050. The molecule has 24 heavy (non-hydrogen) atoms. The van der Waals surface area contributed by atoms with E-state index in [1.165, 1.54) is 0 Å². The number of benzene rings is 2. The lowest BCUT2D eigenvalue weighted by atomic mass is 10.0. The van der Waals surface area contributed by atoms with Crippen molar-refractivity contribution in [1.29, 1.82) is 0 Å². The zero-order valence-corrected chi connectivity index (χ0v) is 14.6. The summed E-state index contributed by atoms with van der Waals surface area (Å²) in [6.07, 6.45) is 1.04. The lowest BCUT2D eigenvalue weighted by Crippen LogP contribution is -2.13. The molecule has 0 saturated carbocycles. The molecule has 0 radical (unpaired) electrons. The first kappa shape index (κ1) is 16.5. The minimum absolute atomic E-state index is 0.184. The number of ketones is 1. The van der Waals surface area contributed by atoms with Gasteiger partial charge in [0.05, 0.1) is 11.9 Å². The molecule has 1 heterocycles. The van der Waals surface area contributed by atoms with Crippen LogP contribution in [0.3, 0.4) is 0 Å². The number of carbonyl (C=O) groups excluding carboxylic acids is 1. The summed E-state index contributed by atoms with van der Waals surface area (Å²) in [6.45, 7) is 1.89. The van der Waals surface area contributed by atoms with Gasteiger partial charge in [0.25, 0.3) is 0 Å². The summed E-state index contributed by atoms with van der Waals surface area (Å²) in [4.78, 5) is 15.8. The third kappa shape index (κ3) is 3.29. The van der Waals surface area contributed by atoms with Crippen molar-refractivity contribution in [2.45, 2.75) is 6.92 Å². The molecule has 2 N–H and O–H groups in total. The van der Waals surface area contributed by atoms with Gasteiger partial charge in [0.1, 0.15) is 5.69 Å². The Morgan fingerprint density at radius 2 is 1.92 bits per heavy atom. The van der Waals surface area contributed by atoms with Gasteiger partial charge in [0.2, 0.25) is 15.8 Å². The highest BCUT2D eigenvalue weighted by Gasteiger charge is 2.21. The van der Waals surface area contributed by atoms with Crippen LogP contribution in [0.25, 0.3) is 10.9 Å². The van der Waals surface area contributed by atoms with Crippen molar-refractivity contribution in [1.82, 2.24) is 4.98 Å². The first-order chi connectivity index (χ1) is 11.2. The Kier molecular flexibility index (Phi) is 4.11. The molecule has 2 aromatic carbocycles. The van der Waals surface area contributed by atoms with Crippen LogP contribution in [0.2, 0.25) is 5.02 Å². The van der Waals surface area contributed by atoms with Gasteiger partial charge >= 0.3 is 0 Å². The number of nitrogens with one attached hydrogen (secondary N) is 2. The number of aromatic amines is 1. The molecule has 0 aliphatic carbocycles. The fourth-order valence-electron chi connectivity index (χ4n) is 2.56. The molecule has 1 aromatic heterocycles. The molecule has 0 aliphatic rings. The lowest BCUT2D eigenvalue weighted by Gasteiger charge is -2.06. The molecule has 0 unspecified atom stereocenters. The highest BCUT2D eigenvalue weighted by molar-refractivity contribution is 7.92. The number of hydrogen-bond acceptors (Lipinski definition) is 3. The molecule has 0 saturated heterocycles. The second kappa shape index (κ2) is 5.96. The summed E-state index contributed by atoms with van der Waals surface area (Å²) in [5.74, 6) is -0.294. The van der Waals surface area contributed by atoms with E-state index in [0.717, 1.165) is 11.8 Å². The van der Waals surface area contributed by atoms with E-state index in [0.29, 0.717) is 21.5 Å². The van der Waals surface area contributed by atoms with E-state index >= 15 is 0 Å². The Hall–Kier alpha value is -2.31. The Balaban J connectivity index is 2.22. The average Bonchev–Trinajstić information content (AvgIpc) is 2.82. The van der Waals surface area contributed by atoms with Gasteiger partial charge in [-0.05, 0) is 31.2 Å². The summed E-state index contributed by atoms with van der Waals surface area (Å²) in [5, 5.41) is 1.07. The summed E-state index contributed by atoms with van der Waals surface area (Å²) in [5.41, 5.74) is 2.42. The normalized spacial score (nSPS) is 11.6. The third-order valence-electron chi connectivity index (χ3n) is 3.56. The molecular weight excluding hydrogens is 348 g/mol. The maximum atomic E-state index is 12.9. The molecule has 3 aromatic rings. The number of fused-ring (bicyclic) bond motifs is 1. The first-order valence-electron chi connectivity index (χ1n) is 7.15. The molecule has 5 nitrogen and oxygen atoms in total. The third-order valence-corrected chi connectivity index (χ3v) is 4.37. The number of anilines is 1. The van der Waals surface area contributed by atoms with Crippen LogP contribution in [0.4, 0.5) is 5.69 Å². The minimum atomic E-state index is -3.55. The van der Waals surface area contributed by atoms with Gasteiger partial charge in [0, 0.05) is 21.5 Å². The Labute approximate surface area is 144 Å². The van der Waals surface area contributed by atoms with Crippen LogP contribution in [0.5, 0.6) is 0 Å². The molecule has 0 fully saturated rings. The number of H-pyrrole nitrogens is 1.